The first-order valence-electron chi connectivity index (χ1n) is 6.58. The Bertz CT molecular complexity index is 224. The van der Waals surface area contributed by atoms with Gasteiger partial charge < -0.3 is 10.6 Å². The lowest BCUT2D eigenvalue weighted by molar-refractivity contribution is -0.132. The van der Waals surface area contributed by atoms with E-state index in [4.69, 9.17) is 5.73 Å². The lowest BCUT2D eigenvalue weighted by Crippen LogP contribution is -2.35. The molecule has 0 heterocycles. The maximum Gasteiger partial charge on any atom is 0.223 e. The standard InChI is InChI=1S/C13H26N2O/c1-4-15(12-5-6-12)13(16)8-11(9-14)7-10(2)3/h10-12H,4-9,14H2,1-3H3/t11-/m0/s1. The van der Waals surface area contributed by atoms with E-state index in [1.165, 1.54) is 12.8 Å². The second-order valence-corrected chi connectivity index (χ2v) is 5.35. The Morgan fingerprint density at radius 1 is 1.44 bits per heavy atom. The summed E-state index contributed by atoms with van der Waals surface area (Å²) in [5.74, 6) is 1.29. The number of nitrogens with two attached hydrogens (primary N) is 1. The molecule has 16 heavy (non-hydrogen) atoms. The van der Waals surface area contributed by atoms with E-state index in [9.17, 15) is 4.79 Å². The van der Waals surface area contributed by atoms with Gasteiger partial charge in [0.15, 0.2) is 0 Å². The highest BCUT2D eigenvalue weighted by Gasteiger charge is 2.31. The zero-order valence-electron chi connectivity index (χ0n) is 10.9. The summed E-state index contributed by atoms with van der Waals surface area (Å²) in [6.45, 7) is 7.92. The highest BCUT2D eigenvalue weighted by Crippen LogP contribution is 2.28. The number of carbonyl (C=O) groups is 1. The lowest BCUT2D eigenvalue weighted by Gasteiger charge is -2.24. The number of hydrogen-bond donors (Lipinski definition) is 1. The topological polar surface area (TPSA) is 46.3 Å². The smallest absolute Gasteiger partial charge is 0.223 e. The number of amides is 1. The Labute approximate surface area is 99.4 Å². The third kappa shape index (κ3) is 4.12. The lowest BCUT2D eigenvalue weighted by atomic mass is 9.94. The quantitative estimate of drug-likeness (QED) is 0.722. The van der Waals surface area contributed by atoms with E-state index in [1.54, 1.807) is 0 Å². The molecule has 0 saturated heterocycles. The van der Waals surface area contributed by atoms with Gasteiger partial charge in [-0.15, -0.1) is 0 Å². The van der Waals surface area contributed by atoms with Crippen molar-refractivity contribution >= 4 is 5.91 Å². The van der Waals surface area contributed by atoms with Crippen molar-refractivity contribution < 1.29 is 4.79 Å². The molecule has 0 unspecified atom stereocenters. The molecule has 0 aromatic carbocycles. The van der Waals surface area contributed by atoms with Crippen LogP contribution in [-0.2, 0) is 4.79 Å². The fraction of sp³-hybridized carbons (Fsp3) is 0.923. The Morgan fingerprint density at radius 3 is 2.44 bits per heavy atom. The largest absolute Gasteiger partial charge is 0.340 e. The third-order valence-corrected chi connectivity index (χ3v) is 3.25. The summed E-state index contributed by atoms with van der Waals surface area (Å²) in [7, 11) is 0. The van der Waals surface area contributed by atoms with Crippen LogP contribution in [0.5, 0.6) is 0 Å². The number of carbonyl (C=O) groups excluding carboxylic acids is 1. The summed E-state index contributed by atoms with van der Waals surface area (Å²) in [4.78, 5) is 14.1. The van der Waals surface area contributed by atoms with Crippen LogP contribution in [0.3, 0.4) is 0 Å². The highest BCUT2D eigenvalue weighted by atomic mass is 16.2. The van der Waals surface area contributed by atoms with Gasteiger partial charge >= 0.3 is 0 Å². The van der Waals surface area contributed by atoms with Gasteiger partial charge in [-0.25, -0.2) is 0 Å². The van der Waals surface area contributed by atoms with Crippen molar-refractivity contribution in [3.8, 4) is 0 Å². The second-order valence-electron chi connectivity index (χ2n) is 5.35. The van der Waals surface area contributed by atoms with Gasteiger partial charge in [-0.3, -0.25) is 4.79 Å². The van der Waals surface area contributed by atoms with Gasteiger partial charge in [0.05, 0.1) is 0 Å². The van der Waals surface area contributed by atoms with Crippen molar-refractivity contribution in [3.05, 3.63) is 0 Å². The summed E-state index contributed by atoms with van der Waals surface area (Å²) in [6.07, 6.45) is 4.08. The maximum atomic E-state index is 12.1. The molecule has 0 bridgehead atoms. The third-order valence-electron chi connectivity index (χ3n) is 3.25. The molecule has 0 aromatic rings. The van der Waals surface area contributed by atoms with Crippen molar-refractivity contribution in [2.75, 3.05) is 13.1 Å². The van der Waals surface area contributed by atoms with E-state index < -0.39 is 0 Å². The molecule has 0 aromatic heterocycles. The SMILES string of the molecule is CCN(C(=O)C[C@@H](CN)CC(C)C)C1CC1. The van der Waals surface area contributed by atoms with E-state index in [0.717, 1.165) is 13.0 Å². The van der Waals surface area contributed by atoms with Crippen LogP contribution in [0.15, 0.2) is 0 Å². The molecule has 0 spiro atoms. The Kier molecular flexibility index (Phi) is 5.26. The zero-order chi connectivity index (χ0) is 12.1. The molecular weight excluding hydrogens is 200 g/mol. The van der Waals surface area contributed by atoms with Crippen LogP contribution < -0.4 is 5.73 Å². The molecule has 0 radical (unpaired) electrons. The summed E-state index contributed by atoms with van der Waals surface area (Å²) in [5.41, 5.74) is 5.73. The van der Waals surface area contributed by atoms with Crippen molar-refractivity contribution in [1.29, 1.82) is 0 Å². The van der Waals surface area contributed by atoms with Crippen LogP contribution in [0.25, 0.3) is 0 Å². The Hall–Kier alpha value is -0.570. The molecule has 1 atom stereocenters. The molecule has 1 aliphatic rings. The van der Waals surface area contributed by atoms with Crippen molar-refractivity contribution in [2.24, 2.45) is 17.6 Å². The van der Waals surface area contributed by atoms with E-state index in [2.05, 4.69) is 20.8 Å². The van der Waals surface area contributed by atoms with Gasteiger partial charge in [0.2, 0.25) is 5.91 Å². The van der Waals surface area contributed by atoms with Gasteiger partial charge in [-0.05, 0) is 44.6 Å². The summed E-state index contributed by atoms with van der Waals surface area (Å²) < 4.78 is 0. The van der Waals surface area contributed by atoms with Gasteiger partial charge in [0, 0.05) is 19.0 Å². The normalized spacial score (nSPS) is 17.6. The minimum Gasteiger partial charge on any atom is -0.340 e. The molecule has 1 rings (SSSR count). The molecule has 0 aliphatic heterocycles. The molecular formula is C13H26N2O. The maximum absolute atomic E-state index is 12.1. The number of hydrogen-bond acceptors (Lipinski definition) is 2. The molecule has 1 saturated carbocycles. The first-order chi connectivity index (χ1) is 7.58. The average Bonchev–Trinajstić information content (AvgIpc) is 3.01. The average molecular weight is 226 g/mol. The van der Waals surface area contributed by atoms with Crippen molar-refractivity contribution in [3.63, 3.8) is 0 Å². The molecule has 3 nitrogen and oxygen atoms in total. The summed E-state index contributed by atoms with van der Waals surface area (Å²) in [6, 6.07) is 0.537. The number of rotatable bonds is 7. The van der Waals surface area contributed by atoms with Gasteiger partial charge in [0.1, 0.15) is 0 Å². The molecule has 1 amide bonds. The predicted molar refractivity (Wildman–Crippen MR) is 67.0 cm³/mol. The fourth-order valence-electron chi connectivity index (χ4n) is 2.32. The van der Waals surface area contributed by atoms with Crippen LogP contribution in [0.4, 0.5) is 0 Å². The first-order valence-corrected chi connectivity index (χ1v) is 6.58. The predicted octanol–water partition coefficient (Wildman–Crippen LogP) is 2.01. The van der Waals surface area contributed by atoms with Crippen LogP contribution >= 0.6 is 0 Å². The molecule has 94 valence electrons. The van der Waals surface area contributed by atoms with Crippen LogP contribution in [-0.4, -0.2) is 29.9 Å². The molecule has 2 N–H and O–H groups in total. The van der Waals surface area contributed by atoms with Gasteiger partial charge in [0.25, 0.3) is 0 Å². The van der Waals surface area contributed by atoms with Crippen LogP contribution in [0, 0.1) is 11.8 Å². The number of nitrogens with zero attached hydrogens (tertiary/aromatic N) is 1. The van der Waals surface area contributed by atoms with E-state index in [1.807, 2.05) is 4.90 Å². The highest BCUT2D eigenvalue weighted by molar-refractivity contribution is 5.77. The van der Waals surface area contributed by atoms with Crippen LogP contribution in [0.2, 0.25) is 0 Å². The molecule has 3 heteroatoms. The fourth-order valence-corrected chi connectivity index (χ4v) is 2.32. The minimum atomic E-state index is 0.307. The van der Waals surface area contributed by atoms with E-state index in [-0.39, 0.29) is 0 Å². The van der Waals surface area contributed by atoms with Gasteiger partial charge in [-0.1, -0.05) is 13.8 Å². The zero-order valence-corrected chi connectivity index (χ0v) is 10.9. The van der Waals surface area contributed by atoms with Crippen molar-refractivity contribution in [2.45, 2.75) is 52.5 Å². The first kappa shape index (κ1) is 13.5. The monoisotopic (exact) mass is 226 g/mol. The second kappa shape index (κ2) is 6.24. The summed E-state index contributed by atoms with van der Waals surface area (Å²) >= 11 is 0. The Balaban J connectivity index is 2.40. The van der Waals surface area contributed by atoms with E-state index >= 15 is 0 Å². The molecule has 1 fully saturated rings. The van der Waals surface area contributed by atoms with Crippen molar-refractivity contribution in [1.82, 2.24) is 4.90 Å². The summed E-state index contributed by atoms with van der Waals surface area (Å²) in [5, 5.41) is 0. The van der Waals surface area contributed by atoms with E-state index in [0.29, 0.717) is 36.8 Å². The molecule has 1 aliphatic carbocycles. The minimum absolute atomic E-state index is 0.307. The Morgan fingerprint density at radius 2 is 2.06 bits per heavy atom. The van der Waals surface area contributed by atoms with Crippen LogP contribution in [0.1, 0.15) is 46.5 Å². The van der Waals surface area contributed by atoms with Gasteiger partial charge in [-0.2, -0.15) is 0 Å².